The smallest absolute Gasteiger partial charge is 0.280 e. The van der Waals surface area contributed by atoms with E-state index in [2.05, 4.69) is 20.8 Å². The first-order valence-electron chi connectivity index (χ1n) is 4.76. The topological polar surface area (TPSA) is 69.6 Å². The fraction of sp³-hybridized carbons (Fsp3) is 0.100. The standard InChI is InChI=1S/C10H11N5O/c16-10(15-7-3-5-11-8-15)14-13-9-4-1-2-6-12-9/h1-7H,8H2,(H,12,13)(H,14,16). The van der Waals surface area contributed by atoms with Crippen molar-refractivity contribution in [1.82, 2.24) is 15.3 Å². The summed E-state index contributed by atoms with van der Waals surface area (Å²) in [5.74, 6) is 0.584. The van der Waals surface area contributed by atoms with E-state index >= 15 is 0 Å². The minimum absolute atomic E-state index is 0.279. The van der Waals surface area contributed by atoms with Gasteiger partial charge in [0.2, 0.25) is 0 Å². The Morgan fingerprint density at radius 1 is 1.44 bits per heavy atom. The molecule has 6 nitrogen and oxygen atoms in total. The number of aromatic nitrogens is 1. The van der Waals surface area contributed by atoms with Crippen molar-refractivity contribution < 1.29 is 4.79 Å². The van der Waals surface area contributed by atoms with Gasteiger partial charge in [-0.3, -0.25) is 15.3 Å². The zero-order valence-corrected chi connectivity index (χ0v) is 8.50. The van der Waals surface area contributed by atoms with Crippen molar-refractivity contribution in [2.45, 2.75) is 0 Å². The Kier molecular flexibility index (Phi) is 3.12. The van der Waals surface area contributed by atoms with Gasteiger partial charge in [0.1, 0.15) is 12.5 Å². The maximum absolute atomic E-state index is 11.6. The lowest BCUT2D eigenvalue weighted by atomic mass is 10.5. The summed E-state index contributed by atoms with van der Waals surface area (Å²) in [4.78, 5) is 21.0. The molecule has 1 aliphatic heterocycles. The highest BCUT2D eigenvalue weighted by atomic mass is 16.2. The summed E-state index contributed by atoms with van der Waals surface area (Å²) in [7, 11) is 0. The first-order chi connectivity index (χ1) is 7.86. The lowest BCUT2D eigenvalue weighted by molar-refractivity contribution is 0.218. The van der Waals surface area contributed by atoms with Crippen LogP contribution in [0.3, 0.4) is 0 Å². The van der Waals surface area contributed by atoms with Crippen molar-refractivity contribution in [3.05, 3.63) is 36.7 Å². The van der Waals surface area contributed by atoms with Crippen LogP contribution in [-0.4, -0.2) is 28.8 Å². The molecule has 82 valence electrons. The van der Waals surface area contributed by atoms with Crippen LogP contribution in [0, 0.1) is 0 Å². The van der Waals surface area contributed by atoms with Crippen LogP contribution in [0.25, 0.3) is 0 Å². The van der Waals surface area contributed by atoms with Crippen LogP contribution in [0.15, 0.2) is 41.7 Å². The van der Waals surface area contributed by atoms with Crippen molar-refractivity contribution in [1.29, 1.82) is 0 Å². The average Bonchev–Trinajstić information content (AvgIpc) is 2.38. The van der Waals surface area contributed by atoms with E-state index in [-0.39, 0.29) is 6.03 Å². The summed E-state index contributed by atoms with van der Waals surface area (Å²) in [5.41, 5.74) is 5.22. The molecule has 2 heterocycles. The highest BCUT2D eigenvalue weighted by Gasteiger charge is 2.10. The second-order valence-electron chi connectivity index (χ2n) is 3.05. The largest absolute Gasteiger partial charge is 0.341 e. The first kappa shape index (κ1) is 10.2. The number of urea groups is 1. The Morgan fingerprint density at radius 2 is 2.38 bits per heavy atom. The molecule has 1 aromatic heterocycles. The lowest BCUT2D eigenvalue weighted by Crippen LogP contribution is -2.40. The molecule has 1 aliphatic rings. The molecule has 0 atom stereocenters. The van der Waals surface area contributed by atoms with Crippen LogP contribution in [0.2, 0.25) is 0 Å². The number of nitrogens with one attached hydrogen (secondary N) is 2. The molecule has 2 amide bonds. The minimum Gasteiger partial charge on any atom is -0.280 e. The highest BCUT2D eigenvalue weighted by Crippen LogP contribution is 1.99. The van der Waals surface area contributed by atoms with E-state index in [1.165, 1.54) is 4.90 Å². The van der Waals surface area contributed by atoms with Crippen LogP contribution in [-0.2, 0) is 0 Å². The zero-order chi connectivity index (χ0) is 11.2. The molecule has 0 radical (unpaired) electrons. The summed E-state index contributed by atoms with van der Waals surface area (Å²) in [6.45, 7) is 0.326. The Morgan fingerprint density at radius 3 is 3.06 bits per heavy atom. The summed E-state index contributed by atoms with van der Waals surface area (Å²) in [6.07, 6.45) is 6.64. The SMILES string of the molecule is O=C(NNc1ccccn1)N1C=CC=NC1. The number of pyridine rings is 1. The lowest BCUT2D eigenvalue weighted by Gasteiger charge is -2.18. The van der Waals surface area contributed by atoms with Gasteiger partial charge in [0.15, 0.2) is 0 Å². The predicted molar refractivity (Wildman–Crippen MR) is 60.7 cm³/mol. The van der Waals surface area contributed by atoms with Gasteiger partial charge in [0.25, 0.3) is 0 Å². The molecule has 0 fully saturated rings. The normalized spacial score (nSPS) is 13.6. The van der Waals surface area contributed by atoms with E-state index in [0.29, 0.717) is 12.5 Å². The number of rotatable bonds is 2. The molecule has 0 aliphatic carbocycles. The fourth-order valence-electron chi connectivity index (χ4n) is 1.14. The molecule has 0 aromatic carbocycles. The summed E-state index contributed by atoms with van der Waals surface area (Å²) >= 11 is 0. The minimum atomic E-state index is -0.279. The molecule has 0 unspecified atom stereocenters. The van der Waals surface area contributed by atoms with Gasteiger partial charge in [-0.05, 0) is 18.2 Å². The fourth-order valence-corrected chi connectivity index (χ4v) is 1.14. The highest BCUT2D eigenvalue weighted by molar-refractivity contribution is 5.80. The van der Waals surface area contributed by atoms with Crippen molar-refractivity contribution in [3.8, 4) is 0 Å². The maximum Gasteiger partial charge on any atom is 0.341 e. The molecule has 16 heavy (non-hydrogen) atoms. The Labute approximate surface area is 92.7 Å². The number of allylic oxidation sites excluding steroid dienone is 1. The Bertz CT molecular complexity index is 414. The van der Waals surface area contributed by atoms with Crippen LogP contribution in [0.4, 0.5) is 10.6 Å². The quantitative estimate of drug-likeness (QED) is 0.725. The monoisotopic (exact) mass is 217 g/mol. The molecular weight excluding hydrogens is 206 g/mol. The van der Waals surface area contributed by atoms with Crippen LogP contribution in [0.1, 0.15) is 0 Å². The van der Waals surface area contributed by atoms with E-state index in [0.717, 1.165) is 0 Å². The van der Waals surface area contributed by atoms with Gasteiger partial charge in [-0.2, -0.15) is 0 Å². The molecule has 2 rings (SSSR count). The van der Waals surface area contributed by atoms with Gasteiger partial charge >= 0.3 is 6.03 Å². The molecule has 0 saturated carbocycles. The van der Waals surface area contributed by atoms with E-state index in [1.54, 1.807) is 36.8 Å². The summed E-state index contributed by atoms with van der Waals surface area (Å²) in [5, 5.41) is 0. The molecule has 2 N–H and O–H groups in total. The number of carbonyl (C=O) groups excluding carboxylic acids is 1. The number of hydrogen-bond donors (Lipinski definition) is 2. The van der Waals surface area contributed by atoms with Gasteiger partial charge in [0.05, 0.1) is 0 Å². The number of nitrogens with zero attached hydrogens (tertiary/aromatic N) is 3. The van der Waals surface area contributed by atoms with Crippen LogP contribution < -0.4 is 10.9 Å². The van der Waals surface area contributed by atoms with Crippen LogP contribution in [0.5, 0.6) is 0 Å². The molecule has 0 bridgehead atoms. The van der Waals surface area contributed by atoms with E-state index in [1.807, 2.05) is 6.07 Å². The van der Waals surface area contributed by atoms with Gasteiger partial charge < -0.3 is 0 Å². The van der Waals surface area contributed by atoms with Crippen molar-refractivity contribution >= 4 is 18.1 Å². The number of hydrogen-bond acceptors (Lipinski definition) is 4. The summed E-state index contributed by atoms with van der Waals surface area (Å²) in [6, 6.07) is 5.10. The number of aliphatic imine (C=N–C) groups is 1. The Hall–Kier alpha value is -2.37. The zero-order valence-electron chi connectivity index (χ0n) is 8.50. The third-order valence-corrected chi connectivity index (χ3v) is 1.91. The first-order valence-corrected chi connectivity index (χ1v) is 4.76. The maximum atomic E-state index is 11.6. The molecule has 0 saturated heterocycles. The van der Waals surface area contributed by atoms with E-state index in [9.17, 15) is 4.79 Å². The Balaban J connectivity index is 1.84. The molecule has 0 spiro atoms. The van der Waals surface area contributed by atoms with Crippen molar-refractivity contribution in [2.24, 2.45) is 4.99 Å². The second kappa shape index (κ2) is 4.92. The van der Waals surface area contributed by atoms with Crippen LogP contribution >= 0.6 is 0 Å². The van der Waals surface area contributed by atoms with E-state index < -0.39 is 0 Å². The third-order valence-electron chi connectivity index (χ3n) is 1.91. The van der Waals surface area contributed by atoms with E-state index in [4.69, 9.17) is 0 Å². The number of anilines is 1. The number of amides is 2. The predicted octanol–water partition coefficient (Wildman–Crippen LogP) is 0.976. The van der Waals surface area contributed by atoms with Gasteiger partial charge in [-0.25, -0.2) is 15.2 Å². The average molecular weight is 217 g/mol. The van der Waals surface area contributed by atoms with Crippen molar-refractivity contribution in [2.75, 3.05) is 12.1 Å². The second-order valence-corrected chi connectivity index (χ2v) is 3.05. The van der Waals surface area contributed by atoms with Crippen molar-refractivity contribution in [3.63, 3.8) is 0 Å². The third kappa shape index (κ3) is 2.57. The number of carbonyl (C=O) groups is 1. The molecule has 6 heteroatoms. The van der Waals surface area contributed by atoms with Gasteiger partial charge in [0, 0.05) is 18.6 Å². The summed E-state index contributed by atoms with van der Waals surface area (Å²) < 4.78 is 0. The number of hydrazine groups is 1. The molecular formula is C10H11N5O. The van der Waals surface area contributed by atoms with Gasteiger partial charge in [-0.1, -0.05) is 6.07 Å². The molecule has 1 aromatic rings. The van der Waals surface area contributed by atoms with Gasteiger partial charge in [-0.15, -0.1) is 0 Å².